The number of nitrogens with zero attached hydrogens (tertiary/aromatic N) is 1. The van der Waals surface area contributed by atoms with E-state index in [-0.39, 0.29) is 0 Å². The summed E-state index contributed by atoms with van der Waals surface area (Å²) < 4.78 is 5.99. The third kappa shape index (κ3) is 2.63. The Bertz CT molecular complexity index is 564. The maximum Gasteiger partial charge on any atom is 0.131 e. The Morgan fingerprint density at radius 2 is 2.26 bits per heavy atom. The highest BCUT2D eigenvalue weighted by molar-refractivity contribution is 5.94. The molecule has 0 aliphatic carbocycles. The molecule has 0 bridgehead atoms. The number of nitrogens with one attached hydrogen (secondary N) is 1. The quantitative estimate of drug-likeness (QED) is 0.885. The van der Waals surface area contributed by atoms with Gasteiger partial charge in [0.1, 0.15) is 11.6 Å². The van der Waals surface area contributed by atoms with Crippen LogP contribution in [0, 0.1) is 5.92 Å². The first-order valence-corrected chi connectivity index (χ1v) is 6.81. The highest BCUT2D eigenvalue weighted by Gasteiger charge is 2.14. The van der Waals surface area contributed by atoms with Crippen LogP contribution in [0.4, 0.5) is 5.82 Å². The van der Waals surface area contributed by atoms with Crippen molar-refractivity contribution in [2.45, 2.75) is 12.8 Å². The first-order valence-electron chi connectivity index (χ1n) is 6.81. The monoisotopic (exact) mass is 257 g/mol. The second-order valence-electron chi connectivity index (χ2n) is 5.07. The van der Waals surface area contributed by atoms with Crippen molar-refractivity contribution in [1.29, 1.82) is 0 Å². The number of pyridine rings is 1. The van der Waals surface area contributed by atoms with Gasteiger partial charge in [-0.1, -0.05) is 12.1 Å². The summed E-state index contributed by atoms with van der Waals surface area (Å²) >= 11 is 0. The smallest absolute Gasteiger partial charge is 0.131 e. The first kappa shape index (κ1) is 12.2. The molecule has 1 aromatic heterocycles. The van der Waals surface area contributed by atoms with Crippen molar-refractivity contribution in [2.75, 3.05) is 25.4 Å². The fourth-order valence-corrected chi connectivity index (χ4v) is 2.60. The molecule has 0 amide bonds. The molecule has 4 nitrogen and oxygen atoms in total. The number of hydrogen-bond acceptors (Lipinski definition) is 4. The van der Waals surface area contributed by atoms with Crippen LogP contribution in [0.25, 0.3) is 10.8 Å². The van der Waals surface area contributed by atoms with Crippen LogP contribution in [0.5, 0.6) is 5.75 Å². The predicted octanol–water partition coefficient (Wildman–Crippen LogP) is 2.20. The number of ether oxygens (including phenoxy) is 1. The minimum Gasteiger partial charge on any atom is -0.493 e. The molecule has 1 aliphatic rings. The standard InChI is InChI=1S/C15H19N3O/c16-15-13-4-1-5-14(12(13)6-8-18-15)19-10-11-3-2-7-17-9-11/h1,4-6,8,11,17H,2-3,7,9-10H2,(H2,16,18). The Kier molecular flexibility index (Phi) is 3.51. The molecule has 100 valence electrons. The molecule has 4 heteroatoms. The number of hydrogen-bond donors (Lipinski definition) is 2. The van der Waals surface area contributed by atoms with E-state index in [9.17, 15) is 0 Å². The van der Waals surface area contributed by atoms with E-state index in [4.69, 9.17) is 10.5 Å². The molecule has 0 spiro atoms. The number of aromatic nitrogens is 1. The van der Waals surface area contributed by atoms with Crippen LogP contribution in [0.15, 0.2) is 30.5 Å². The number of nitrogen functional groups attached to an aromatic ring is 1. The van der Waals surface area contributed by atoms with Crippen molar-refractivity contribution < 1.29 is 4.74 Å². The highest BCUT2D eigenvalue weighted by atomic mass is 16.5. The maximum atomic E-state index is 5.99. The molecule has 1 unspecified atom stereocenters. The van der Waals surface area contributed by atoms with E-state index >= 15 is 0 Å². The van der Waals surface area contributed by atoms with E-state index in [1.54, 1.807) is 6.20 Å². The van der Waals surface area contributed by atoms with Crippen LogP contribution in [-0.4, -0.2) is 24.7 Å². The number of piperidine rings is 1. The van der Waals surface area contributed by atoms with Gasteiger partial charge in [-0.3, -0.25) is 0 Å². The molecule has 1 fully saturated rings. The molecule has 2 aromatic rings. The highest BCUT2D eigenvalue weighted by Crippen LogP contribution is 2.28. The van der Waals surface area contributed by atoms with Gasteiger partial charge in [-0.25, -0.2) is 4.98 Å². The lowest BCUT2D eigenvalue weighted by molar-refractivity contribution is 0.220. The number of anilines is 1. The van der Waals surface area contributed by atoms with Crippen LogP contribution in [0.3, 0.4) is 0 Å². The lowest BCUT2D eigenvalue weighted by atomic mass is 10.0. The molecule has 1 atom stereocenters. The molecule has 19 heavy (non-hydrogen) atoms. The van der Waals surface area contributed by atoms with Crippen molar-refractivity contribution in [3.05, 3.63) is 30.5 Å². The van der Waals surface area contributed by atoms with Crippen LogP contribution >= 0.6 is 0 Å². The summed E-state index contributed by atoms with van der Waals surface area (Å²) in [5.41, 5.74) is 5.89. The lowest BCUT2D eigenvalue weighted by Gasteiger charge is -2.23. The summed E-state index contributed by atoms with van der Waals surface area (Å²) in [4.78, 5) is 4.11. The molecule has 1 aromatic carbocycles. The Labute approximate surface area is 113 Å². The van der Waals surface area contributed by atoms with Crippen LogP contribution in [0.1, 0.15) is 12.8 Å². The molecule has 1 saturated heterocycles. The zero-order valence-electron chi connectivity index (χ0n) is 10.9. The van der Waals surface area contributed by atoms with Gasteiger partial charge in [0.15, 0.2) is 0 Å². The van der Waals surface area contributed by atoms with Gasteiger partial charge in [0, 0.05) is 29.4 Å². The average Bonchev–Trinajstić information content (AvgIpc) is 2.47. The van der Waals surface area contributed by atoms with Gasteiger partial charge >= 0.3 is 0 Å². The van der Waals surface area contributed by atoms with E-state index in [0.717, 1.165) is 36.2 Å². The topological polar surface area (TPSA) is 60.2 Å². The van der Waals surface area contributed by atoms with Gasteiger partial charge in [-0.15, -0.1) is 0 Å². The molecule has 1 aliphatic heterocycles. The van der Waals surface area contributed by atoms with Gasteiger partial charge in [0.05, 0.1) is 6.61 Å². The normalized spacial score (nSPS) is 19.5. The van der Waals surface area contributed by atoms with Crippen molar-refractivity contribution in [3.63, 3.8) is 0 Å². The van der Waals surface area contributed by atoms with Gasteiger partial charge in [0.2, 0.25) is 0 Å². The molecule has 0 saturated carbocycles. The third-order valence-corrected chi connectivity index (χ3v) is 3.67. The summed E-state index contributed by atoms with van der Waals surface area (Å²) in [5, 5.41) is 5.41. The zero-order chi connectivity index (χ0) is 13.1. The van der Waals surface area contributed by atoms with E-state index < -0.39 is 0 Å². The minimum absolute atomic E-state index is 0.558. The first-order chi connectivity index (χ1) is 9.34. The van der Waals surface area contributed by atoms with Crippen LogP contribution in [0.2, 0.25) is 0 Å². The fraction of sp³-hybridized carbons (Fsp3) is 0.400. The second kappa shape index (κ2) is 5.45. The van der Waals surface area contributed by atoms with E-state index in [1.807, 2.05) is 24.3 Å². The fourth-order valence-electron chi connectivity index (χ4n) is 2.60. The van der Waals surface area contributed by atoms with Gasteiger partial charge in [0.25, 0.3) is 0 Å². The zero-order valence-corrected chi connectivity index (χ0v) is 10.9. The second-order valence-corrected chi connectivity index (χ2v) is 5.07. The largest absolute Gasteiger partial charge is 0.493 e. The van der Waals surface area contributed by atoms with Gasteiger partial charge < -0.3 is 15.8 Å². The molecular formula is C15H19N3O. The lowest BCUT2D eigenvalue weighted by Crippen LogP contribution is -2.33. The Balaban J connectivity index is 1.79. The minimum atomic E-state index is 0.558. The number of nitrogens with two attached hydrogens (primary N) is 1. The summed E-state index contributed by atoms with van der Waals surface area (Å²) in [6.45, 7) is 2.94. The van der Waals surface area contributed by atoms with Crippen LogP contribution < -0.4 is 15.8 Å². The summed E-state index contributed by atoms with van der Waals surface area (Å²) in [6, 6.07) is 7.90. The third-order valence-electron chi connectivity index (χ3n) is 3.67. The van der Waals surface area contributed by atoms with Gasteiger partial charge in [-0.2, -0.15) is 0 Å². The number of fused-ring (bicyclic) bond motifs is 1. The molecule has 2 heterocycles. The maximum absolute atomic E-state index is 5.99. The summed E-state index contributed by atoms with van der Waals surface area (Å²) in [6.07, 6.45) is 4.20. The Morgan fingerprint density at radius 3 is 3.11 bits per heavy atom. The Morgan fingerprint density at radius 1 is 1.32 bits per heavy atom. The van der Waals surface area contributed by atoms with Crippen molar-refractivity contribution in [1.82, 2.24) is 10.3 Å². The number of benzene rings is 1. The molecular weight excluding hydrogens is 238 g/mol. The van der Waals surface area contributed by atoms with Gasteiger partial charge in [-0.05, 0) is 31.5 Å². The molecule has 0 radical (unpaired) electrons. The molecule has 3 rings (SSSR count). The number of rotatable bonds is 3. The van der Waals surface area contributed by atoms with Crippen molar-refractivity contribution in [3.8, 4) is 5.75 Å². The van der Waals surface area contributed by atoms with Crippen molar-refractivity contribution >= 4 is 16.6 Å². The summed E-state index contributed by atoms with van der Waals surface area (Å²) in [5.74, 6) is 2.06. The van der Waals surface area contributed by atoms with E-state index in [2.05, 4.69) is 10.3 Å². The predicted molar refractivity (Wildman–Crippen MR) is 77.2 cm³/mol. The summed E-state index contributed by atoms with van der Waals surface area (Å²) in [7, 11) is 0. The van der Waals surface area contributed by atoms with Crippen LogP contribution in [-0.2, 0) is 0 Å². The Hall–Kier alpha value is -1.81. The van der Waals surface area contributed by atoms with E-state index in [0.29, 0.717) is 11.7 Å². The average molecular weight is 257 g/mol. The molecule has 3 N–H and O–H groups in total. The van der Waals surface area contributed by atoms with Crippen molar-refractivity contribution in [2.24, 2.45) is 5.92 Å². The van der Waals surface area contributed by atoms with E-state index in [1.165, 1.54) is 12.8 Å². The SMILES string of the molecule is Nc1nccc2c(OCC3CCCNC3)cccc12.